The second kappa shape index (κ2) is 5.49. The van der Waals surface area contributed by atoms with E-state index in [4.69, 9.17) is 16.9 Å². The average molecular weight is 268 g/mol. The summed E-state index contributed by atoms with van der Waals surface area (Å²) in [7, 11) is 0. The standard InChI is InChI=1S/C14H15ClFNO/c1-4-14(2,3)13(18)9(8-17)12-10(15)6-5-7-11(12)16/h5-7,9H,4H2,1-3H3. The van der Waals surface area contributed by atoms with Crippen LogP contribution in [-0.2, 0) is 4.79 Å². The minimum Gasteiger partial charge on any atom is -0.297 e. The maximum absolute atomic E-state index is 13.8. The second-order valence-corrected chi connectivity index (χ2v) is 5.21. The molecule has 0 radical (unpaired) electrons. The molecule has 1 rings (SSSR count). The Morgan fingerprint density at radius 2 is 2.17 bits per heavy atom. The highest BCUT2D eigenvalue weighted by molar-refractivity contribution is 6.31. The molecule has 0 saturated heterocycles. The van der Waals surface area contributed by atoms with Crippen molar-refractivity contribution in [3.05, 3.63) is 34.6 Å². The van der Waals surface area contributed by atoms with Gasteiger partial charge in [0.15, 0.2) is 5.78 Å². The Morgan fingerprint density at radius 3 is 2.61 bits per heavy atom. The summed E-state index contributed by atoms with van der Waals surface area (Å²) in [6, 6.07) is 6.00. The van der Waals surface area contributed by atoms with Crippen molar-refractivity contribution in [2.24, 2.45) is 5.41 Å². The zero-order chi connectivity index (χ0) is 13.9. The van der Waals surface area contributed by atoms with Gasteiger partial charge in [-0.15, -0.1) is 0 Å². The van der Waals surface area contributed by atoms with Gasteiger partial charge < -0.3 is 0 Å². The van der Waals surface area contributed by atoms with Crippen molar-refractivity contribution in [2.75, 3.05) is 0 Å². The molecule has 1 atom stereocenters. The third kappa shape index (κ3) is 2.70. The van der Waals surface area contributed by atoms with Crippen LogP contribution in [0.15, 0.2) is 18.2 Å². The predicted molar refractivity (Wildman–Crippen MR) is 68.8 cm³/mol. The summed E-state index contributed by atoms with van der Waals surface area (Å²) >= 11 is 5.90. The molecule has 18 heavy (non-hydrogen) atoms. The van der Waals surface area contributed by atoms with Crippen molar-refractivity contribution in [1.82, 2.24) is 0 Å². The first-order chi connectivity index (χ1) is 8.35. The topological polar surface area (TPSA) is 40.9 Å². The Labute approximate surface area is 111 Å². The molecule has 1 unspecified atom stereocenters. The van der Waals surface area contributed by atoms with Crippen molar-refractivity contribution < 1.29 is 9.18 Å². The fourth-order valence-corrected chi connectivity index (χ4v) is 1.88. The van der Waals surface area contributed by atoms with E-state index >= 15 is 0 Å². The predicted octanol–water partition coefficient (Wildman–Crippen LogP) is 4.09. The van der Waals surface area contributed by atoms with Crippen LogP contribution in [0.5, 0.6) is 0 Å². The summed E-state index contributed by atoms with van der Waals surface area (Å²) in [5.74, 6) is -2.08. The van der Waals surface area contributed by atoms with Crippen LogP contribution >= 0.6 is 11.6 Å². The fourth-order valence-electron chi connectivity index (χ4n) is 1.61. The Kier molecular flexibility index (Phi) is 4.48. The fraction of sp³-hybridized carbons (Fsp3) is 0.429. The van der Waals surface area contributed by atoms with E-state index in [1.54, 1.807) is 13.8 Å². The van der Waals surface area contributed by atoms with Gasteiger partial charge in [-0.1, -0.05) is 38.4 Å². The number of nitrogens with zero attached hydrogens (tertiary/aromatic N) is 1. The van der Waals surface area contributed by atoms with E-state index in [2.05, 4.69) is 0 Å². The molecule has 0 N–H and O–H groups in total. The number of hydrogen-bond acceptors (Lipinski definition) is 2. The lowest BCUT2D eigenvalue weighted by Crippen LogP contribution is -2.29. The average Bonchev–Trinajstić information content (AvgIpc) is 2.33. The Hall–Kier alpha value is -1.40. The number of ketones is 1. The first kappa shape index (κ1) is 14.7. The Morgan fingerprint density at radius 1 is 1.56 bits per heavy atom. The largest absolute Gasteiger partial charge is 0.297 e. The van der Waals surface area contributed by atoms with Crippen molar-refractivity contribution in [3.63, 3.8) is 0 Å². The molecule has 0 spiro atoms. The molecule has 0 aromatic heterocycles. The summed E-state index contributed by atoms with van der Waals surface area (Å²) in [5, 5.41) is 9.27. The van der Waals surface area contributed by atoms with Crippen molar-refractivity contribution >= 4 is 17.4 Å². The molecule has 0 heterocycles. The van der Waals surface area contributed by atoms with E-state index in [-0.39, 0.29) is 16.4 Å². The number of carbonyl (C=O) groups is 1. The van der Waals surface area contributed by atoms with Gasteiger partial charge >= 0.3 is 0 Å². The molecule has 0 aliphatic heterocycles. The smallest absolute Gasteiger partial charge is 0.160 e. The van der Waals surface area contributed by atoms with E-state index in [0.717, 1.165) is 0 Å². The van der Waals surface area contributed by atoms with Crippen molar-refractivity contribution in [3.8, 4) is 6.07 Å². The van der Waals surface area contributed by atoms with Gasteiger partial charge in [-0.2, -0.15) is 5.26 Å². The van der Waals surface area contributed by atoms with Gasteiger partial charge in [0, 0.05) is 16.0 Å². The maximum atomic E-state index is 13.8. The van der Waals surface area contributed by atoms with Gasteiger partial charge in [-0.05, 0) is 18.6 Å². The summed E-state index contributed by atoms with van der Waals surface area (Å²) in [5.41, 5.74) is -0.695. The quantitative estimate of drug-likeness (QED) is 0.824. The third-order valence-electron chi connectivity index (χ3n) is 3.23. The highest BCUT2D eigenvalue weighted by Crippen LogP contribution is 2.34. The second-order valence-electron chi connectivity index (χ2n) is 4.80. The molecule has 1 aromatic carbocycles. The van der Waals surface area contributed by atoms with Crippen LogP contribution in [0.3, 0.4) is 0 Å². The SMILES string of the molecule is CCC(C)(C)C(=O)C(C#N)c1c(F)cccc1Cl. The molecule has 0 bridgehead atoms. The molecule has 4 heteroatoms. The van der Waals surface area contributed by atoms with Crippen LogP contribution in [0, 0.1) is 22.6 Å². The normalized spacial score (nSPS) is 12.9. The number of hydrogen-bond donors (Lipinski definition) is 0. The lowest BCUT2D eigenvalue weighted by molar-refractivity contribution is -0.127. The van der Waals surface area contributed by atoms with Crippen LogP contribution in [0.4, 0.5) is 4.39 Å². The number of halogens is 2. The number of Topliss-reactive ketones (excluding diaryl/α,β-unsaturated/α-hetero) is 1. The van der Waals surface area contributed by atoms with Crippen LogP contribution in [0.2, 0.25) is 5.02 Å². The van der Waals surface area contributed by atoms with Crippen LogP contribution < -0.4 is 0 Å². The van der Waals surface area contributed by atoms with Crippen molar-refractivity contribution in [2.45, 2.75) is 33.1 Å². The summed E-state index contributed by atoms with van der Waals surface area (Å²) in [4.78, 5) is 12.3. The zero-order valence-electron chi connectivity index (χ0n) is 10.6. The van der Waals surface area contributed by atoms with Gasteiger partial charge in [0.1, 0.15) is 11.7 Å². The first-order valence-electron chi connectivity index (χ1n) is 5.73. The summed E-state index contributed by atoms with van der Waals surface area (Å²) in [6.07, 6.45) is 0.579. The monoisotopic (exact) mass is 267 g/mol. The molecular formula is C14H15ClFNO. The molecule has 0 aliphatic carbocycles. The number of rotatable bonds is 4. The third-order valence-corrected chi connectivity index (χ3v) is 3.56. The number of nitriles is 1. The van der Waals surface area contributed by atoms with Gasteiger partial charge in [0.2, 0.25) is 0 Å². The van der Waals surface area contributed by atoms with Gasteiger partial charge in [-0.3, -0.25) is 4.79 Å². The van der Waals surface area contributed by atoms with Crippen LogP contribution in [-0.4, -0.2) is 5.78 Å². The highest BCUT2D eigenvalue weighted by atomic mass is 35.5. The molecule has 0 saturated carbocycles. The van der Waals surface area contributed by atoms with E-state index in [9.17, 15) is 9.18 Å². The van der Waals surface area contributed by atoms with Gasteiger partial charge in [0.05, 0.1) is 6.07 Å². The van der Waals surface area contributed by atoms with Crippen LogP contribution in [0.25, 0.3) is 0 Å². The summed E-state index contributed by atoms with van der Waals surface area (Å²) < 4.78 is 13.8. The minimum atomic E-state index is -1.16. The molecule has 96 valence electrons. The highest BCUT2D eigenvalue weighted by Gasteiger charge is 2.35. The van der Waals surface area contributed by atoms with E-state index in [1.807, 2.05) is 13.0 Å². The lowest BCUT2D eigenvalue weighted by Gasteiger charge is -2.24. The molecule has 1 aromatic rings. The molecular weight excluding hydrogens is 253 g/mol. The Balaban J connectivity index is 3.29. The lowest BCUT2D eigenvalue weighted by atomic mass is 9.77. The minimum absolute atomic E-state index is 0.0202. The molecule has 0 fully saturated rings. The number of carbonyl (C=O) groups excluding carboxylic acids is 1. The van der Waals surface area contributed by atoms with E-state index in [0.29, 0.717) is 6.42 Å². The van der Waals surface area contributed by atoms with Gasteiger partial charge in [-0.25, -0.2) is 4.39 Å². The zero-order valence-corrected chi connectivity index (χ0v) is 11.4. The van der Waals surface area contributed by atoms with Crippen LogP contribution in [0.1, 0.15) is 38.7 Å². The van der Waals surface area contributed by atoms with E-state index in [1.165, 1.54) is 18.2 Å². The van der Waals surface area contributed by atoms with Crippen molar-refractivity contribution in [1.29, 1.82) is 5.26 Å². The molecule has 0 amide bonds. The van der Waals surface area contributed by atoms with Gasteiger partial charge in [0.25, 0.3) is 0 Å². The first-order valence-corrected chi connectivity index (χ1v) is 6.10. The maximum Gasteiger partial charge on any atom is 0.160 e. The molecule has 2 nitrogen and oxygen atoms in total. The summed E-state index contributed by atoms with van der Waals surface area (Å²) in [6.45, 7) is 5.35. The number of benzene rings is 1. The Bertz CT molecular complexity index is 485. The van der Waals surface area contributed by atoms with E-state index < -0.39 is 17.2 Å². The molecule has 0 aliphatic rings.